The molecule has 0 radical (unpaired) electrons. The van der Waals surface area contributed by atoms with E-state index >= 15 is 0 Å². The summed E-state index contributed by atoms with van der Waals surface area (Å²) in [5.74, 6) is 0. The molecule has 0 bridgehead atoms. The molecule has 0 atom stereocenters. The van der Waals surface area contributed by atoms with Gasteiger partial charge in [-0.25, -0.2) is 0 Å². The van der Waals surface area contributed by atoms with E-state index in [0.29, 0.717) is 10.7 Å². The largest absolute Gasteiger partial charge is 0.349 e. The molecule has 1 N–H and O–H groups in total. The Morgan fingerprint density at radius 3 is 2.80 bits per heavy atom. The first-order valence-corrected chi connectivity index (χ1v) is 3.48. The Morgan fingerprint density at radius 2 is 2.50 bits per heavy atom. The van der Waals surface area contributed by atoms with Crippen LogP contribution in [0.5, 0.6) is 0 Å². The van der Waals surface area contributed by atoms with E-state index in [1.165, 1.54) is 0 Å². The second-order valence-corrected chi connectivity index (χ2v) is 2.41. The summed E-state index contributed by atoms with van der Waals surface area (Å²) in [7, 11) is 0. The van der Waals surface area contributed by atoms with E-state index in [4.69, 9.17) is 11.6 Å². The third kappa shape index (κ3) is 1.21. The molecule has 1 rings (SSSR count). The van der Waals surface area contributed by atoms with Crippen molar-refractivity contribution in [2.45, 2.75) is 13.3 Å². The zero-order chi connectivity index (χ0) is 7.56. The highest BCUT2D eigenvalue weighted by atomic mass is 35.5. The van der Waals surface area contributed by atoms with E-state index in [1.54, 1.807) is 6.07 Å². The lowest BCUT2D eigenvalue weighted by molar-refractivity contribution is 0.112. The molecule has 0 aliphatic rings. The first kappa shape index (κ1) is 7.35. The molecule has 0 aliphatic heterocycles. The fourth-order valence-electron chi connectivity index (χ4n) is 0.776. The Labute approximate surface area is 64.2 Å². The van der Waals surface area contributed by atoms with Gasteiger partial charge in [0.1, 0.15) is 5.15 Å². The van der Waals surface area contributed by atoms with Gasteiger partial charge in [0, 0.05) is 5.69 Å². The molecule has 0 spiro atoms. The van der Waals surface area contributed by atoms with Gasteiger partial charge in [-0.15, -0.1) is 0 Å². The van der Waals surface area contributed by atoms with Crippen molar-refractivity contribution < 1.29 is 4.79 Å². The minimum Gasteiger partial charge on any atom is -0.349 e. The lowest BCUT2D eigenvalue weighted by Gasteiger charge is -1.83. The van der Waals surface area contributed by atoms with Crippen LogP contribution in [0.2, 0.25) is 5.15 Å². The summed E-state index contributed by atoms with van der Waals surface area (Å²) in [5.41, 5.74) is 1.53. The summed E-state index contributed by atoms with van der Waals surface area (Å²) in [5, 5.41) is 0.437. The first-order valence-electron chi connectivity index (χ1n) is 3.10. The highest BCUT2D eigenvalue weighted by Gasteiger charge is 2.01. The molecule has 0 fully saturated rings. The summed E-state index contributed by atoms with van der Waals surface area (Å²) in [4.78, 5) is 13.1. The average molecular weight is 158 g/mol. The Balaban J connectivity index is 3.03. The van der Waals surface area contributed by atoms with Crippen LogP contribution >= 0.6 is 11.6 Å². The fraction of sp³-hybridized carbons (Fsp3) is 0.286. The summed E-state index contributed by atoms with van der Waals surface area (Å²) in [6.07, 6.45) is 1.62. The molecule has 2 nitrogen and oxygen atoms in total. The van der Waals surface area contributed by atoms with Crippen LogP contribution in [0.3, 0.4) is 0 Å². The van der Waals surface area contributed by atoms with Crippen LogP contribution in [-0.4, -0.2) is 11.3 Å². The van der Waals surface area contributed by atoms with E-state index in [2.05, 4.69) is 4.98 Å². The summed E-state index contributed by atoms with van der Waals surface area (Å²) >= 11 is 5.64. The molecular weight excluding hydrogens is 150 g/mol. The molecule has 0 aliphatic carbocycles. The van der Waals surface area contributed by atoms with Crippen LogP contribution in [0.25, 0.3) is 0 Å². The van der Waals surface area contributed by atoms with Gasteiger partial charge < -0.3 is 4.98 Å². The van der Waals surface area contributed by atoms with Gasteiger partial charge in [-0.1, -0.05) is 18.5 Å². The van der Waals surface area contributed by atoms with Gasteiger partial charge in [-0.05, 0) is 12.5 Å². The Morgan fingerprint density at radius 1 is 1.80 bits per heavy atom. The van der Waals surface area contributed by atoms with Crippen LogP contribution in [0.15, 0.2) is 6.07 Å². The van der Waals surface area contributed by atoms with Gasteiger partial charge >= 0.3 is 0 Å². The standard InChI is InChI=1S/C7H8ClNO/c1-2-6-3-5(4-10)7(8)9-6/h3-4,9H,2H2,1H3. The third-order valence-electron chi connectivity index (χ3n) is 1.36. The maximum atomic E-state index is 10.3. The van der Waals surface area contributed by atoms with Crippen molar-refractivity contribution in [3.63, 3.8) is 0 Å². The number of halogens is 1. The van der Waals surface area contributed by atoms with E-state index in [1.807, 2.05) is 6.92 Å². The van der Waals surface area contributed by atoms with Crippen LogP contribution < -0.4 is 0 Å². The highest BCUT2D eigenvalue weighted by molar-refractivity contribution is 6.31. The summed E-state index contributed by atoms with van der Waals surface area (Å²) < 4.78 is 0. The number of aromatic amines is 1. The minimum atomic E-state index is 0.437. The maximum absolute atomic E-state index is 10.3. The quantitative estimate of drug-likeness (QED) is 0.655. The monoisotopic (exact) mass is 157 g/mol. The maximum Gasteiger partial charge on any atom is 0.153 e. The SMILES string of the molecule is CCc1cc(C=O)c(Cl)[nH]1. The van der Waals surface area contributed by atoms with Crippen molar-refractivity contribution in [1.29, 1.82) is 0 Å². The Bertz CT molecular complexity index is 242. The Hall–Kier alpha value is -0.760. The molecule has 0 amide bonds. The number of H-pyrrole nitrogens is 1. The molecule has 0 unspecified atom stereocenters. The minimum absolute atomic E-state index is 0.437. The second kappa shape index (κ2) is 2.88. The van der Waals surface area contributed by atoms with Gasteiger partial charge in [0.25, 0.3) is 0 Å². The number of nitrogens with one attached hydrogen (secondary N) is 1. The van der Waals surface area contributed by atoms with Crippen LogP contribution in [0.1, 0.15) is 23.0 Å². The van der Waals surface area contributed by atoms with Gasteiger partial charge in [0.15, 0.2) is 6.29 Å². The molecule has 1 aromatic heterocycles. The smallest absolute Gasteiger partial charge is 0.153 e. The van der Waals surface area contributed by atoms with Crippen molar-refractivity contribution in [1.82, 2.24) is 4.98 Å². The van der Waals surface area contributed by atoms with Crippen molar-refractivity contribution in [3.8, 4) is 0 Å². The highest BCUT2D eigenvalue weighted by Crippen LogP contribution is 2.14. The number of aromatic nitrogens is 1. The molecule has 54 valence electrons. The predicted molar refractivity (Wildman–Crippen MR) is 40.6 cm³/mol. The van der Waals surface area contributed by atoms with E-state index in [9.17, 15) is 4.79 Å². The molecule has 0 saturated carbocycles. The molecule has 1 heterocycles. The number of carbonyl (C=O) groups excluding carboxylic acids is 1. The zero-order valence-corrected chi connectivity index (χ0v) is 6.40. The van der Waals surface area contributed by atoms with Crippen molar-refractivity contribution in [3.05, 3.63) is 22.5 Å². The number of hydrogen-bond donors (Lipinski definition) is 1. The molecule has 3 heteroatoms. The molecule has 0 aromatic carbocycles. The van der Waals surface area contributed by atoms with Gasteiger partial charge in [-0.3, -0.25) is 4.79 Å². The first-order chi connectivity index (χ1) is 4.77. The molecule has 0 saturated heterocycles. The van der Waals surface area contributed by atoms with Crippen molar-refractivity contribution >= 4 is 17.9 Å². The third-order valence-corrected chi connectivity index (χ3v) is 1.67. The van der Waals surface area contributed by atoms with Gasteiger partial charge in [0.05, 0.1) is 5.56 Å². The molecular formula is C7H8ClNO. The number of rotatable bonds is 2. The molecule has 1 aromatic rings. The number of aryl methyl sites for hydroxylation is 1. The topological polar surface area (TPSA) is 32.9 Å². The van der Waals surface area contributed by atoms with Gasteiger partial charge in [-0.2, -0.15) is 0 Å². The lowest BCUT2D eigenvalue weighted by atomic mass is 10.3. The summed E-state index contributed by atoms with van der Waals surface area (Å²) in [6, 6.07) is 1.76. The number of carbonyl (C=O) groups is 1. The zero-order valence-electron chi connectivity index (χ0n) is 5.65. The normalized spacial score (nSPS) is 9.80. The fourth-order valence-corrected chi connectivity index (χ4v) is 0.997. The van der Waals surface area contributed by atoms with E-state index in [-0.39, 0.29) is 0 Å². The van der Waals surface area contributed by atoms with E-state index < -0.39 is 0 Å². The molecule has 10 heavy (non-hydrogen) atoms. The van der Waals surface area contributed by atoms with Crippen LogP contribution in [0, 0.1) is 0 Å². The summed E-state index contributed by atoms with van der Waals surface area (Å²) in [6.45, 7) is 2.00. The van der Waals surface area contributed by atoms with Crippen LogP contribution in [0.4, 0.5) is 0 Å². The van der Waals surface area contributed by atoms with E-state index in [0.717, 1.165) is 18.4 Å². The van der Waals surface area contributed by atoms with Gasteiger partial charge in [0.2, 0.25) is 0 Å². The Kier molecular flexibility index (Phi) is 2.12. The van der Waals surface area contributed by atoms with Crippen LogP contribution in [-0.2, 0) is 6.42 Å². The number of aldehydes is 1. The average Bonchev–Trinajstić information content (AvgIpc) is 2.30. The second-order valence-electron chi connectivity index (χ2n) is 2.04. The number of hydrogen-bond acceptors (Lipinski definition) is 1. The van der Waals surface area contributed by atoms with Crippen molar-refractivity contribution in [2.75, 3.05) is 0 Å². The lowest BCUT2D eigenvalue weighted by Crippen LogP contribution is -1.74. The predicted octanol–water partition coefficient (Wildman–Crippen LogP) is 2.04. The van der Waals surface area contributed by atoms with Crippen molar-refractivity contribution in [2.24, 2.45) is 0 Å².